The summed E-state index contributed by atoms with van der Waals surface area (Å²) in [6.45, 7) is 10.9. The molecule has 0 spiro atoms. The molecule has 3 rings (SSSR count). The lowest BCUT2D eigenvalue weighted by Crippen LogP contribution is -2.44. The van der Waals surface area contributed by atoms with E-state index < -0.39 is 20.5 Å². The van der Waals surface area contributed by atoms with Crippen molar-refractivity contribution < 1.29 is 23.4 Å². The number of amides is 1. The predicted molar refractivity (Wildman–Crippen MR) is 143 cm³/mol. The van der Waals surface area contributed by atoms with Crippen molar-refractivity contribution in [2.75, 3.05) is 20.8 Å². The predicted octanol–water partition coefficient (Wildman–Crippen LogP) is 5.53. The van der Waals surface area contributed by atoms with Gasteiger partial charge in [-0.3, -0.25) is 4.79 Å². The first-order chi connectivity index (χ1) is 17.0. The molecule has 36 heavy (non-hydrogen) atoms. The summed E-state index contributed by atoms with van der Waals surface area (Å²) in [7, 11) is 0.739. The maximum atomic E-state index is 13.1. The molecule has 1 amide bonds. The number of hydrogen-bond donors (Lipinski definition) is 2. The van der Waals surface area contributed by atoms with Crippen LogP contribution >= 0.6 is 0 Å². The average Bonchev–Trinajstić information content (AvgIpc) is 2.84. The summed E-state index contributed by atoms with van der Waals surface area (Å²) >= 11 is 0. The van der Waals surface area contributed by atoms with Gasteiger partial charge in [-0.15, -0.1) is 0 Å². The lowest BCUT2D eigenvalue weighted by Gasteiger charge is -2.39. The lowest BCUT2D eigenvalue weighted by atomic mass is 10.0. The summed E-state index contributed by atoms with van der Waals surface area (Å²) in [5, 5.41) is 3.16. The number of carbonyl (C=O) groups excluding carboxylic acids is 1. The second kappa shape index (κ2) is 11.2. The molecule has 1 atom stereocenters. The summed E-state index contributed by atoms with van der Waals surface area (Å²) in [6.07, 6.45) is 0.376. The molecule has 1 heterocycles. The highest BCUT2D eigenvalue weighted by Gasteiger charge is 2.40. The third-order valence-corrected chi connectivity index (χ3v) is 11.1. The number of benzene rings is 2. The standard InChI is InChI=1S/C27H36N2O6Si/c1-27(2,3)36(6,7)35-22(16-29-26(31)34-17-18-11-9-8-10-12-18)19-15-21(32-4)25(33-5)24-23(19)20(30)13-14-28-24/h8-15,22H,16-17H2,1-7H3,(H,28,30)(H,29,31). The number of H-pyrrole nitrogens is 1. The zero-order valence-electron chi connectivity index (χ0n) is 22.1. The molecule has 0 bridgehead atoms. The minimum Gasteiger partial charge on any atom is -0.493 e. The zero-order chi connectivity index (χ0) is 26.5. The van der Waals surface area contributed by atoms with E-state index in [1.165, 1.54) is 20.3 Å². The molecule has 0 radical (unpaired) electrons. The van der Waals surface area contributed by atoms with Gasteiger partial charge in [0.2, 0.25) is 0 Å². The Labute approximate surface area is 213 Å². The molecule has 1 aromatic heterocycles. The van der Waals surface area contributed by atoms with Gasteiger partial charge in [0, 0.05) is 12.3 Å². The van der Waals surface area contributed by atoms with E-state index in [2.05, 4.69) is 44.2 Å². The van der Waals surface area contributed by atoms with Crippen molar-refractivity contribution in [2.24, 2.45) is 0 Å². The van der Waals surface area contributed by atoms with Crippen molar-refractivity contribution in [1.82, 2.24) is 10.3 Å². The van der Waals surface area contributed by atoms with Gasteiger partial charge in [-0.2, -0.15) is 0 Å². The smallest absolute Gasteiger partial charge is 0.407 e. The number of fused-ring (bicyclic) bond motifs is 1. The van der Waals surface area contributed by atoms with Crippen LogP contribution in [0.3, 0.4) is 0 Å². The van der Waals surface area contributed by atoms with E-state index in [0.717, 1.165) is 5.56 Å². The summed E-state index contributed by atoms with van der Waals surface area (Å²) < 4.78 is 23.3. The van der Waals surface area contributed by atoms with Crippen LogP contribution in [0.2, 0.25) is 18.1 Å². The van der Waals surface area contributed by atoms with Crippen LogP contribution in [0.1, 0.15) is 38.0 Å². The van der Waals surface area contributed by atoms with Crippen molar-refractivity contribution in [2.45, 2.75) is 51.6 Å². The largest absolute Gasteiger partial charge is 0.493 e. The Balaban J connectivity index is 1.99. The average molecular weight is 513 g/mol. The van der Waals surface area contributed by atoms with Crippen molar-refractivity contribution in [1.29, 1.82) is 0 Å². The molecule has 0 saturated carbocycles. The summed E-state index contributed by atoms with van der Waals surface area (Å²) in [5.41, 5.74) is 1.82. The fraction of sp³-hybridized carbons (Fsp3) is 0.407. The molecule has 2 aromatic carbocycles. The lowest BCUT2D eigenvalue weighted by molar-refractivity contribution is 0.128. The summed E-state index contributed by atoms with van der Waals surface area (Å²) in [6, 6.07) is 12.7. The molecule has 8 nitrogen and oxygen atoms in total. The highest BCUT2D eigenvalue weighted by Crippen LogP contribution is 2.43. The first kappa shape index (κ1) is 27.3. The van der Waals surface area contributed by atoms with Gasteiger partial charge in [-0.1, -0.05) is 51.1 Å². The topological polar surface area (TPSA) is 98.9 Å². The van der Waals surface area contributed by atoms with Crippen LogP contribution in [0, 0.1) is 0 Å². The second-order valence-corrected chi connectivity index (χ2v) is 14.9. The highest BCUT2D eigenvalue weighted by atomic mass is 28.4. The molecule has 0 aliphatic carbocycles. The molecule has 194 valence electrons. The molecule has 1 unspecified atom stereocenters. The number of hydrogen-bond acceptors (Lipinski definition) is 6. The molecular formula is C27H36N2O6Si. The van der Waals surface area contributed by atoms with Gasteiger partial charge < -0.3 is 28.9 Å². The van der Waals surface area contributed by atoms with Gasteiger partial charge in [0.25, 0.3) is 0 Å². The first-order valence-electron chi connectivity index (χ1n) is 11.9. The normalized spacial score (nSPS) is 12.8. The number of alkyl carbamates (subject to hydrolysis) is 1. The van der Waals surface area contributed by atoms with Gasteiger partial charge in [0.05, 0.1) is 37.8 Å². The van der Waals surface area contributed by atoms with E-state index in [4.69, 9.17) is 18.6 Å². The number of carbonyl (C=O) groups is 1. The van der Waals surface area contributed by atoms with E-state index >= 15 is 0 Å². The number of rotatable bonds is 9. The van der Waals surface area contributed by atoms with Crippen LogP contribution in [0.25, 0.3) is 10.9 Å². The number of aromatic nitrogens is 1. The molecule has 0 aliphatic rings. The fourth-order valence-corrected chi connectivity index (χ4v) is 4.93. The third kappa shape index (κ3) is 6.09. The number of pyridine rings is 1. The van der Waals surface area contributed by atoms with Crippen molar-refractivity contribution in [3.63, 3.8) is 0 Å². The van der Waals surface area contributed by atoms with Gasteiger partial charge in [-0.05, 0) is 35.3 Å². The first-order valence-corrected chi connectivity index (χ1v) is 14.8. The Hall–Kier alpha value is -3.30. The molecule has 0 saturated heterocycles. The summed E-state index contributed by atoms with van der Waals surface area (Å²) in [4.78, 5) is 28.8. The Morgan fingerprint density at radius 3 is 2.39 bits per heavy atom. The van der Waals surface area contributed by atoms with Gasteiger partial charge in [0.1, 0.15) is 6.61 Å². The van der Waals surface area contributed by atoms with E-state index in [1.54, 1.807) is 12.3 Å². The molecule has 3 aromatic rings. The molecule has 2 N–H and O–H groups in total. The Morgan fingerprint density at radius 1 is 1.08 bits per heavy atom. The molecular weight excluding hydrogens is 476 g/mol. The minimum absolute atomic E-state index is 0.0994. The van der Waals surface area contributed by atoms with Crippen LogP contribution in [0.15, 0.2) is 53.5 Å². The van der Waals surface area contributed by atoms with Crippen LogP contribution in [-0.2, 0) is 15.8 Å². The van der Waals surface area contributed by atoms with Gasteiger partial charge in [-0.25, -0.2) is 4.79 Å². The maximum Gasteiger partial charge on any atom is 0.407 e. The third-order valence-electron chi connectivity index (χ3n) is 6.64. The number of aromatic amines is 1. The number of methoxy groups -OCH3 is 2. The van der Waals surface area contributed by atoms with Crippen molar-refractivity contribution in [3.05, 3.63) is 70.0 Å². The monoisotopic (exact) mass is 512 g/mol. The van der Waals surface area contributed by atoms with Gasteiger partial charge in [0.15, 0.2) is 25.2 Å². The van der Waals surface area contributed by atoms with Crippen LogP contribution in [-0.4, -0.2) is 40.2 Å². The van der Waals surface area contributed by atoms with Crippen molar-refractivity contribution >= 4 is 25.3 Å². The van der Waals surface area contributed by atoms with E-state index in [1.807, 2.05) is 30.3 Å². The summed E-state index contributed by atoms with van der Waals surface area (Å²) in [5.74, 6) is 0.882. The van der Waals surface area contributed by atoms with E-state index in [-0.39, 0.29) is 23.6 Å². The van der Waals surface area contributed by atoms with Crippen molar-refractivity contribution in [3.8, 4) is 11.5 Å². The van der Waals surface area contributed by atoms with Crippen LogP contribution in [0.4, 0.5) is 4.79 Å². The highest BCUT2D eigenvalue weighted by molar-refractivity contribution is 6.74. The van der Waals surface area contributed by atoms with E-state index in [9.17, 15) is 9.59 Å². The number of ether oxygens (including phenoxy) is 3. The van der Waals surface area contributed by atoms with E-state index in [0.29, 0.717) is 28.0 Å². The van der Waals surface area contributed by atoms with Gasteiger partial charge >= 0.3 is 6.09 Å². The minimum atomic E-state index is -2.32. The Kier molecular flexibility index (Phi) is 8.47. The SMILES string of the molecule is COc1cc(C(CNC(=O)OCc2ccccc2)O[Si](C)(C)C(C)(C)C)c2c(=O)cc[nH]c2c1OC. The maximum absolute atomic E-state index is 13.1. The molecule has 0 aliphatic heterocycles. The molecule has 0 fully saturated rings. The second-order valence-electron chi connectivity index (χ2n) is 10.1. The fourth-order valence-electron chi connectivity index (χ4n) is 3.65. The quantitative estimate of drug-likeness (QED) is 0.366. The Morgan fingerprint density at radius 2 is 1.78 bits per heavy atom. The Bertz CT molecular complexity index is 1250. The van der Waals surface area contributed by atoms with Crippen LogP contribution < -0.4 is 20.2 Å². The van der Waals surface area contributed by atoms with Crippen LogP contribution in [0.5, 0.6) is 11.5 Å². The zero-order valence-corrected chi connectivity index (χ0v) is 23.1. The molecule has 9 heteroatoms. The number of nitrogens with one attached hydrogen (secondary N) is 2.